The number of methoxy groups -OCH3 is 1. The van der Waals surface area contributed by atoms with E-state index in [-0.39, 0.29) is 5.56 Å². The molecule has 0 radical (unpaired) electrons. The SMILES string of the molecule is COc1ccc(-c2nc3c(c(=O)n(C)c(=O)n3C)n2C)cc1. The third-order valence-corrected chi connectivity index (χ3v) is 3.82. The number of aryl methyl sites for hydroxylation is 2. The molecule has 0 fully saturated rings. The first-order valence-corrected chi connectivity index (χ1v) is 6.72. The van der Waals surface area contributed by atoms with Crippen LogP contribution in [0, 0.1) is 0 Å². The number of hydrogen-bond acceptors (Lipinski definition) is 4. The maximum Gasteiger partial charge on any atom is 0.332 e. The minimum Gasteiger partial charge on any atom is -0.497 e. The first-order valence-electron chi connectivity index (χ1n) is 6.72. The van der Waals surface area contributed by atoms with Crippen molar-refractivity contribution in [3.8, 4) is 17.1 Å². The minimum atomic E-state index is -0.392. The van der Waals surface area contributed by atoms with Crippen molar-refractivity contribution in [3.63, 3.8) is 0 Å². The van der Waals surface area contributed by atoms with Gasteiger partial charge in [0.25, 0.3) is 5.56 Å². The Hall–Kier alpha value is -2.83. The van der Waals surface area contributed by atoms with Crippen LogP contribution >= 0.6 is 0 Å². The van der Waals surface area contributed by atoms with Gasteiger partial charge in [-0.05, 0) is 24.3 Å². The molecule has 0 saturated heterocycles. The van der Waals surface area contributed by atoms with Crippen molar-refractivity contribution in [3.05, 3.63) is 45.1 Å². The molecule has 2 aromatic heterocycles. The van der Waals surface area contributed by atoms with Gasteiger partial charge >= 0.3 is 5.69 Å². The Bertz CT molecular complexity index is 977. The van der Waals surface area contributed by atoms with E-state index in [2.05, 4.69) is 4.98 Å². The molecule has 0 bridgehead atoms. The molecule has 0 unspecified atom stereocenters. The second-order valence-electron chi connectivity index (χ2n) is 5.10. The van der Waals surface area contributed by atoms with Crippen molar-refractivity contribution >= 4 is 11.2 Å². The molecule has 22 heavy (non-hydrogen) atoms. The van der Waals surface area contributed by atoms with Crippen molar-refractivity contribution in [2.24, 2.45) is 21.1 Å². The van der Waals surface area contributed by atoms with Gasteiger partial charge in [0.2, 0.25) is 0 Å². The number of aromatic nitrogens is 4. The van der Waals surface area contributed by atoms with Gasteiger partial charge in [0.05, 0.1) is 7.11 Å². The van der Waals surface area contributed by atoms with E-state index in [1.54, 1.807) is 25.8 Å². The summed E-state index contributed by atoms with van der Waals surface area (Å²) in [6.45, 7) is 0. The van der Waals surface area contributed by atoms with Crippen LogP contribution < -0.4 is 16.0 Å². The van der Waals surface area contributed by atoms with Gasteiger partial charge in [-0.1, -0.05) is 0 Å². The average molecular weight is 300 g/mol. The van der Waals surface area contributed by atoms with Crippen molar-refractivity contribution in [1.29, 1.82) is 0 Å². The molecule has 0 saturated carbocycles. The molecule has 0 atom stereocenters. The third-order valence-electron chi connectivity index (χ3n) is 3.82. The van der Waals surface area contributed by atoms with E-state index < -0.39 is 5.69 Å². The molecular formula is C15H16N4O3. The fourth-order valence-corrected chi connectivity index (χ4v) is 2.52. The van der Waals surface area contributed by atoms with Crippen molar-refractivity contribution < 1.29 is 4.74 Å². The van der Waals surface area contributed by atoms with Gasteiger partial charge in [-0.25, -0.2) is 9.78 Å². The highest BCUT2D eigenvalue weighted by Gasteiger charge is 2.17. The molecule has 0 aliphatic rings. The Kier molecular flexibility index (Phi) is 3.13. The predicted molar refractivity (Wildman–Crippen MR) is 83.2 cm³/mol. The summed E-state index contributed by atoms with van der Waals surface area (Å²) in [5, 5.41) is 0. The van der Waals surface area contributed by atoms with Crippen molar-refractivity contribution in [2.45, 2.75) is 0 Å². The molecule has 0 spiro atoms. The topological polar surface area (TPSA) is 71.1 Å². The molecule has 0 aliphatic heterocycles. The maximum atomic E-state index is 12.3. The highest BCUT2D eigenvalue weighted by Crippen LogP contribution is 2.23. The lowest BCUT2D eigenvalue weighted by atomic mass is 10.2. The van der Waals surface area contributed by atoms with Crippen molar-refractivity contribution in [1.82, 2.24) is 18.7 Å². The average Bonchev–Trinajstić information content (AvgIpc) is 2.88. The number of fused-ring (bicyclic) bond motifs is 1. The number of nitrogens with zero attached hydrogens (tertiary/aromatic N) is 4. The second-order valence-corrected chi connectivity index (χ2v) is 5.10. The van der Waals surface area contributed by atoms with Crippen LogP contribution in [-0.4, -0.2) is 25.8 Å². The van der Waals surface area contributed by atoms with E-state index in [1.165, 1.54) is 11.6 Å². The van der Waals surface area contributed by atoms with Gasteiger partial charge in [0.15, 0.2) is 11.2 Å². The number of rotatable bonds is 2. The zero-order valence-corrected chi connectivity index (χ0v) is 12.8. The second kappa shape index (κ2) is 4.87. The smallest absolute Gasteiger partial charge is 0.332 e. The Morgan fingerprint density at radius 2 is 1.59 bits per heavy atom. The summed E-state index contributed by atoms with van der Waals surface area (Å²) >= 11 is 0. The lowest BCUT2D eigenvalue weighted by molar-refractivity contribution is 0.415. The van der Waals surface area contributed by atoms with Crippen LogP contribution in [0.5, 0.6) is 5.75 Å². The van der Waals surface area contributed by atoms with E-state index in [0.29, 0.717) is 17.0 Å². The zero-order chi connectivity index (χ0) is 16.0. The summed E-state index contributed by atoms with van der Waals surface area (Å²) in [4.78, 5) is 28.8. The summed E-state index contributed by atoms with van der Waals surface area (Å²) < 4.78 is 9.31. The first kappa shape index (κ1) is 14.1. The van der Waals surface area contributed by atoms with Crippen LogP contribution in [0.15, 0.2) is 33.9 Å². The van der Waals surface area contributed by atoms with E-state index >= 15 is 0 Å². The molecule has 1 aromatic carbocycles. The van der Waals surface area contributed by atoms with Gasteiger partial charge in [0.1, 0.15) is 11.6 Å². The Labute approximate surface area is 126 Å². The fraction of sp³-hybridized carbons (Fsp3) is 0.267. The Morgan fingerprint density at radius 3 is 2.18 bits per heavy atom. The molecule has 2 heterocycles. The van der Waals surface area contributed by atoms with E-state index in [4.69, 9.17) is 4.74 Å². The molecule has 0 N–H and O–H groups in total. The van der Waals surface area contributed by atoms with Gasteiger partial charge in [-0.3, -0.25) is 13.9 Å². The molecule has 7 nitrogen and oxygen atoms in total. The van der Waals surface area contributed by atoms with Gasteiger partial charge < -0.3 is 9.30 Å². The molecule has 0 aliphatic carbocycles. The summed E-state index contributed by atoms with van der Waals surface area (Å²) in [7, 11) is 6.43. The number of ether oxygens (including phenoxy) is 1. The fourth-order valence-electron chi connectivity index (χ4n) is 2.52. The van der Waals surface area contributed by atoms with Crippen LogP contribution in [0.3, 0.4) is 0 Å². The Morgan fingerprint density at radius 1 is 0.955 bits per heavy atom. The minimum absolute atomic E-state index is 0.354. The van der Waals surface area contributed by atoms with Gasteiger partial charge in [0, 0.05) is 26.7 Å². The van der Waals surface area contributed by atoms with E-state index in [1.807, 2.05) is 24.3 Å². The summed E-state index contributed by atoms with van der Waals surface area (Å²) in [5.74, 6) is 1.36. The number of imidazole rings is 1. The van der Waals surface area contributed by atoms with Crippen molar-refractivity contribution in [2.75, 3.05) is 7.11 Å². The van der Waals surface area contributed by atoms with Gasteiger partial charge in [-0.15, -0.1) is 0 Å². The molecule has 3 aromatic rings. The van der Waals surface area contributed by atoms with Crippen LogP contribution in [0.1, 0.15) is 0 Å². The zero-order valence-electron chi connectivity index (χ0n) is 12.8. The normalized spacial score (nSPS) is 11.1. The number of benzene rings is 1. The Balaban J connectivity index is 2.35. The predicted octanol–water partition coefficient (Wildman–Crippen LogP) is 0.646. The monoisotopic (exact) mass is 300 g/mol. The maximum absolute atomic E-state index is 12.3. The van der Waals surface area contributed by atoms with Crippen LogP contribution in [0.4, 0.5) is 0 Å². The lowest BCUT2D eigenvalue weighted by Crippen LogP contribution is -2.37. The third kappa shape index (κ3) is 1.86. The van der Waals surface area contributed by atoms with Crippen LogP contribution in [0.2, 0.25) is 0 Å². The van der Waals surface area contributed by atoms with Crippen LogP contribution in [-0.2, 0) is 21.1 Å². The quantitative estimate of drug-likeness (QED) is 0.696. The summed E-state index contributed by atoms with van der Waals surface area (Å²) in [6, 6.07) is 7.38. The molecule has 7 heteroatoms. The summed E-state index contributed by atoms with van der Waals surface area (Å²) in [5.41, 5.74) is 0.871. The number of hydrogen-bond donors (Lipinski definition) is 0. The van der Waals surface area contributed by atoms with E-state index in [0.717, 1.165) is 15.9 Å². The molecule has 114 valence electrons. The summed E-state index contributed by atoms with van der Waals surface area (Å²) in [6.07, 6.45) is 0. The molecule has 3 rings (SSSR count). The standard InChI is InChI=1S/C15H16N4O3/c1-17-11-13(18(2)15(21)19(3)14(11)20)16-12(17)9-5-7-10(22-4)8-6-9/h5-8H,1-4H3. The largest absolute Gasteiger partial charge is 0.497 e. The highest BCUT2D eigenvalue weighted by atomic mass is 16.5. The lowest BCUT2D eigenvalue weighted by Gasteiger charge is -2.04. The van der Waals surface area contributed by atoms with Gasteiger partial charge in [-0.2, -0.15) is 0 Å². The van der Waals surface area contributed by atoms with E-state index in [9.17, 15) is 9.59 Å². The molecular weight excluding hydrogens is 284 g/mol. The van der Waals surface area contributed by atoms with Crippen LogP contribution in [0.25, 0.3) is 22.6 Å². The first-order chi connectivity index (χ1) is 10.5. The molecule has 0 amide bonds. The highest BCUT2D eigenvalue weighted by molar-refractivity contribution is 5.76.